The van der Waals surface area contributed by atoms with Crippen molar-refractivity contribution in [2.75, 3.05) is 26.3 Å². The van der Waals surface area contributed by atoms with Crippen molar-refractivity contribution in [3.63, 3.8) is 0 Å². The van der Waals surface area contributed by atoms with E-state index in [1.54, 1.807) is 4.57 Å². The van der Waals surface area contributed by atoms with Crippen LogP contribution in [-0.4, -0.2) is 50.3 Å². The van der Waals surface area contributed by atoms with Crippen LogP contribution in [-0.2, 0) is 11.4 Å². The maximum absolute atomic E-state index is 14.2. The number of ether oxygens (including phenoxy) is 1. The summed E-state index contributed by atoms with van der Waals surface area (Å²) in [5.74, 6) is 1.42. The first-order valence-corrected chi connectivity index (χ1v) is 13.2. The van der Waals surface area contributed by atoms with E-state index in [1.165, 1.54) is 0 Å². The topological polar surface area (TPSA) is 65.2 Å². The summed E-state index contributed by atoms with van der Waals surface area (Å²) in [6, 6.07) is 33.6. The Kier molecular flexibility index (Phi) is 6.00. The summed E-state index contributed by atoms with van der Waals surface area (Å²) in [5.41, 5.74) is 5.04. The molecule has 0 aliphatic carbocycles. The fraction of sp³-hybridized carbons (Fsp3) is 0.156. The highest BCUT2D eigenvalue weighted by Gasteiger charge is 2.22. The molecule has 0 N–H and O–H groups in total. The highest BCUT2D eigenvalue weighted by atomic mass is 16.5. The normalized spacial score (nSPS) is 14.3. The Morgan fingerprint density at radius 2 is 1.36 bits per heavy atom. The van der Waals surface area contributed by atoms with Crippen LogP contribution in [0.3, 0.4) is 0 Å². The second-order valence-electron chi connectivity index (χ2n) is 9.70. The van der Waals surface area contributed by atoms with Crippen LogP contribution in [0.4, 0.5) is 0 Å². The minimum atomic E-state index is -0.109. The fourth-order valence-corrected chi connectivity index (χ4v) is 5.36. The zero-order chi connectivity index (χ0) is 26.2. The van der Waals surface area contributed by atoms with E-state index < -0.39 is 0 Å². The molecule has 0 unspecified atom stereocenters. The minimum absolute atomic E-state index is 0.109. The quantitative estimate of drug-likeness (QED) is 0.311. The van der Waals surface area contributed by atoms with Gasteiger partial charge in [-0.25, -0.2) is 9.97 Å². The largest absolute Gasteiger partial charge is 0.379 e. The molecule has 39 heavy (non-hydrogen) atoms. The molecule has 1 saturated heterocycles. The summed E-state index contributed by atoms with van der Waals surface area (Å²) < 4.78 is 9.58. The molecule has 0 saturated carbocycles. The van der Waals surface area contributed by atoms with Gasteiger partial charge in [0.15, 0.2) is 0 Å². The maximum atomic E-state index is 14.2. The van der Waals surface area contributed by atoms with Gasteiger partial charge in [0.05, 0.1) is 47.5 Å². The molecule has 0 bridgehead atoms. The zero-order valence-corrected chi connectivity index (χ0v) is 21.4. The summed E-state index contributed by atoms with van der Waals surface area (Å²) in [7, 11) is 0. The summed E-state index contributed by atoms with van der Waals surface area (Å²) in [5, 5.41) is 0.578. The molecule has 1 aliphatic rings. The molecule has 0 amide bonds. The van der Waals surface area contributed by atoms with Gasteiger partial charge in [-0.1, -0.05) is 66.7 Å². The van der Waals surface area contributed by atoms with E-state index in [0.717, 1.165) is 60.0 Å². The van der Waals surface area contributed by atoms with Gasteiger partial charge in [0.25, 0.3) is 5.56 Å². The molecule has 2 aromatic heterocycles. The Balaban J connectivity index is 1.49. The Morgan fingerprint density at radius 1 is 0.692 bits per heavy atom. The third-order valence-corrected chi connectivity index (χ3v) is 7.29. The van der Waals surface area contributed by atoms with Gasteiger partial charge >= 0.3 is 0 Å². The van der Waals surface area contributed by atoms with Crippen LogP contribution in [0.2, 0.25) is 0 Å². The van der Waals surface area contributed by atoms with E-state index >= 15 is 0 Å². The highest BCUT2D eigenvalue weighted by Crippen LogP contribution is 2.32. The fourth-order valence-electron chi connectivity index (χ4n) is 5.36. The summed E-state index contributed by atoms with van der Waals surface area (Å²) in [6.45, 7) is 3.85. The standard InChI is InChI=1S/C32H27N5O2/c38-32-24-12-4-6-14-26(24)33-30(23-10-2-1-3-11-23)37(32)28-16-8-5-13-25(28)31-34-27-15-7-9-17-29(27)36(31)22-35-18-20-39-21-19-35/h1-17H,18-22H2. The Bertz CT molecular complexity index is 1850. The van der Waals surface area contributed by atoms with Crippen LogP contribution in [0.25, 0.3) is 50.4 Å². The van der Waals surface area contributed by atoms with E-state index in [-0.39, 0.29) is 5.56 Å². The third-order valence-electron chi connectivity index (χ3n) is 7.29. The molecule has 1 aliphatic heterocycles. The second-order valence-corrected chi connectivity index (χ2v) is 9.70. The van der Waals surface area contributed by atoms with E-state index in [2.05, 4.69) is 15.5 Å². The molecule has 7 rings (SSSR count). The monoisotopic (exact) mass is 513 g/mol. The van der Waals surface area contributed by atoms with E-state index in [0.29, 0.717) is 23.4 Å². The van der Waals surface area contributed by atoms with Crippen LogP contribution < -0.4 is 5.56 Å². The van der Waals surface area contributed by atoms with Gasteiger partial charge in [0.2, 0.25) is 0 Å². The molecular weight excluding hydrogens is 486 g/mol. The van der Waals surface area contributed by atoms with Crippen molar-refractivity contribution in [3.8, 4) is 28.5 Å². The van der Waals surface area contributed by atoms with Crippen LogP contribution in [0.5, 0.6) is 0 Å². The van der Waals surface area contributed by atoms with Gasteiger partial charge in [-0.3, -0.25) is 14.3 Å². The van der Waals surface area contributed by atoms with Gasteiger partial charge in [0, 0.05) is 24.2 Å². The van der Waals surface area contributed by atoms with E-state index in [9.17, 15) is 4.79 Å². The number of hydrogen-bond acceptors (Lipinski definition) is 5. The number of para-hydroxylation sites is 4. The first kappa shape index (κ1) is 23.5. The minimum Gasteiger partial charge on any atom is -0.379 e. The Morgan fingerprint density at radius 3 is 2.21 bits per heavy atom. The molecular formula is C32H27N5O2. The predicted molar refractivity (Wildman–Crippen MR) is 154 cm³/mol. The smallest absolute Gasteiger partial charge is 0.266 e. The van der Waals surface area contributed by atoms with E-state index in [4.69, 9.17) is 14.7 Å². The molecule has 0 radical (unpaired) electrons. The Labute approximate surface area is 225 Å². The number of nitrogens with zero attached hydrogens (tertiary/aromatic N) is 5. The SMILES string of the molecule is O=c1c2ccccc2nc(-c2ccccc2)n1-c1ccccc1-c1nc2ccccc2n1CN1CCOCC1. The average Bonchev–Trinajstić information content (AvgIpc) is 3.36. The summed E-state index contributed by atoms with van der Waals surface area (Å²) >= 11 is 0. The van der Waals surface area contributed by atoms with Crippen LogP contribution >= 0.6 is 0 Å². The van der Waals surface area contributed by atoms with Crippen molar-refractivity contribution in [2.24, 2.45) is 0 Å². The molecule has 1 fully saturated rings. The number of hydrogen-bond donors (Lipinski definition) is 0. The van der Waals surface area contributed by atoms with Crippen LogP contribution in [0.1, 0.15) is 0 Å². The van der Waals surface area contributed by atoms with Crippen molar-refractivity contribution < 1.29 is 4.74 Å². The number of benzene rings is 4. The van der Waals surface area contributed by atoms with Crippen molar-refractivity contribution in [3.05, 3.63) is 113 Å². The van der Waals surface area contributed by atoms with Crippen molar-refractivity contribution in [1.82, 2.24) is 24.0 Å². The highest BCUT2D eigenvalue weighted by molar-refractivity contribution is 5.85. The lowest BCUT2D eigenvalue weighted by molar-refractivity contribution is 0.0244. The molecule has 192 valence electrons. The first-order chi connectivity index (χ1) is 19.3. The lowest BCUT2D eigenvalue weighted by Crippen LogP contribution is -2.37. The van der Waals surface area contributed by atoms with Gasteiger partial charge in [0.1, 0.15) is 11.6 Å². The van der Waals surface area contributed by atoms with Crippen LogP contribution in [0.15, 0.2) is 108 Å². The zero-order valence-electron chi connectivity index (χ0n) is 21.4. The lowest BCUT2D eigenvalue weighted by atomic mass is 10.1. The van der Waals surface area contributed by atoms with Gasteiger partial charge in [-0.15, -0.1) is 0 Å². The van der Waals surface area contributed by atoms with E-state index in [1.807, 2.05) is 97.1 Å². The number of fused-ring (bicyclic) bond motifs is 2. The molecule has 0 spiro atoms. The average molecular weight is 514 g/mol. The number of morpholine rings is 1. The van der Waals surface area contributed by atoms with Crippen molar-refractivity contribution in [1.29, 1.82) is 0 Å². The van der Waals surface area contributed by atoms with Crippen molar-refractivity contribution >= 4 is 21.9 Å². The van der Waals surface area contributed by atoms with Gasteiger partial charge in [-0.2, -0.15) is 0 Å². The third kappa shape index (κ3) is 4.22. The number of rotatable bonds is 5. The molecule has 3 heterocycles. The number of aromatic nitrogens is 4. The van der Waals surface area contributed by atoms with Crippen molar-refractivity contribution in [2.45, 2.75) is 6.67 Å². The number of imidazole rings is 1. The summed E-state index contributed by atoms with van der Waals surface area (Å²) in [6.07, 6.45) is 0. The molecule has 7 heteroatoms. The second kappa shape index (κ2) is 9.94. The maximum Gasteiger partial charge on any atom is 0.266 e. The predicted octanol–water partition coefficient (Wildman–Crippen LogP) is 5.36. The molecule has 4 aromatic carbocycles. The Hall–Kier alpha value is -4.59. The lowest BCUT2D eigenvalue weighted by Gasteiger charge is -2.28. The first-order valence-electron chi connectivity index (χ1n) is 13.2. The molecule has 7 nitrogen and oxygen atoms in total. The van der Waals surface area contributed by atoms with Gasteiger partial charge in [-0.05, 0) is 36.4 Å². The van der Waals surface area contributed by atoms with Gasteiger partial charge < -0.3 is 9.30 Å². The molecule has 0 atom stereocenters. The van der Waals surface area contributed by atoms with Crippen LogP contribution in [0, 0.1) is 0 Å². The molecule has 6 aromatic rings. The summed E-state index contributed by atoms with van der Waals surface area (Å²) in [4.78, 5) is 26.6.